The zero-order chi connectivity index (χ0) is 13.6. The average molecular weight is 278 g/mol. The van der Waals surface area contributed by atoms with Crippen LogP contribution in [0.1, 0.15) is 24.8 Å². The molecule has 1 aromatic heterocycles. The maximum absolute atomic E-state index is 10.1. The Bertz CT molecular complexity index is 544. The summed E-state index contributed by atoms with van der Waals surface area (Å²) < 4.78 is 0. The average Bonchev–Trinajstić information content (AvgIpc) is 2.58. The first-order valence-electron chi connectivity index (χ1n) is 6.48. The first-order chi connectivity index (χ1) is 9.05. The van der Waals surface area contributed by atoms with Crippen molar-refractivity contribution in [3.63, 3.8) is 0 Å². The quantitative estimate of drug-likeness (QED) is 0.849. The molecule has 0 spiro atoms. The van der Waals surface area contributed by atoms with Gasteiger partial charge in [0, 0.05) is 24.5 Å². The van der Waals surface area contributed by atoms with E-state index >= 15 is 0 Å². The summed E-state index contributed by atoms with van der Waals surface area (Å²) in [4.78, 5) is 6.31. The van der Waals surface area contributed by atoms with Gasteiger partial charge in [-0.15, -0.1) is 0 Å². The van der Waals surface area contributed by atoms with Gasteiger partial charge in [0.25, 0.3) is 0 Å². The van der Waals surface area contributed by atoms with Gasteiger partial charge in [0.1, 0.15) is 0 Å². The molecule has 5 heteroatoms. The fraction of sp³-hybridized carbons (Fsp3) is 0.571. The molecule has 2 aliphatic heterocycles. The van der Waals surface area contributed by atoms with Gasteiger partial charge in [0.15, 0.2) is 0 Å². The number of likely N-dealkylation sites (N-methyl/N-ethyl adjacent to an activating group) is 1. The van der Waals surface area contributed by atoms with Gasteiger partial charge in [-0.1, -0.05) is 11.6 Å². The number of aliphatic hydroxyl groups is 1. The third kappa shape index (κ3) is 1.93. The normalized spacial score (nSPS) is 38.1. The molecule has 0 aliphatic carbocycles. The van der Waals surface area contributed by atoms with Crippen molar-refractivity contribution in [2.75, 3.05) is 7.05 Å². The summed E-state index contributed by atoms with van der Waals surface area (Å²) in [6.45, 7) is 0. The molecule has 4 unspecified atom stereocenters. The predicted octanol–water partition coefficient (Wildman–Crippen LogP) is 1.72. The van der Waals surface area contributed by atoms with Crippen LogP contribution in [0.25, 0.3) is 0 Å². The molecule has 19 heavy (non-hydrogen) atoms. The summed E-state index contributed by atoms with van der Waals surface area (Å²) in [6, 6.07) is 4.60. The molecule has 0 radical (unpaired) electrons. The van der Waals surface area contributed by atoms with Crippen molar-refractivity contribution in [2.45, 2.75) is 42.9 Å². The summed E-state index contributed by atoms with van der Waals surface area (Å²) in [5, 5.41) is 20.4. The SMILES string of the molecule is CN1C2CC(O)C1CC(C#N)(c1cncc(Cl)c1)C2. The van der Waals surface area contributed by atoms with E-state index in [1.807, 2.05) is 13.1 Å². The van der Waals surface area contributed by atoms with Gasteiger partial charge < -0.3 is 5.11 Å². The number of piperidine rings is 1. The highest BCUT2D eigenvalue weighted by Gasteiger charge is 2.52. The molecule has 100 valence electrons. The topological polar surface area (TPSA) is 60.1 Å². The van der Waals surface area contributed by atoms with E-state index in [0.29, 0.717) is 11.4 Å². The number of aromatic nitrogens is 1. The van der Waals surface area contributed by atoms with Crippen LogP contribution in [-0.2, 0) is 5.41 Å². The molecule has 2 aliphatic rings. The van der Waals surface area contributed by atoms with Crippen LogP contribution < -0.4 is 0 Å². The van der Waals surface area contributed by atoms with Crippen molar-refractivity contribution in [3.8, 4) is 6.07 Å². The fourth-order valence-corrected chi connectivity index (χ4v) is 3.73. The van der Waals surface area contributed by atoms with E-state index in [-0.39, 0.29) is 18.2 Å². The Kier molecular flexibility index (Phi) is 3.01. The minimum atomic E-state index is -0.572. The van der Waals surface area contributed by atoms with Crippen LogP contribution in [-0.4, -0.2) is 40.2 Å². The van der Waals surface area contributed by atoms with Gasteiger partial charge in [0.05, 0.1) is 22.6 Å². The molecule has 2 fully saturated rings. The number of aliphatic hydroxyl groups excluding tert-OH is 1. The predicted molar refractivity (Wildman–Crippen MR) is 71.7 cm³/mol. The van der Waals surface area contributed by atoms with E-state index in [4.69, 9.17) is 11.6 Å². The highest BCUT2D eigenvalue weighted by Crippen LogP contribution is 2.46. The number of rotatable bonds is 1. The van der Waals surface area contributed by atoms with Gasteiger partial charge >= 0.3 is 0 Å². The van der Waals surface area contributed by atoms with E-state index in [1.165, 1.54) is 0 Å². The number of hydrogen-bond donors (Lipinski definition) is 1. The van der Waals surface area contributed by atoms with Crippen LogP contribution in [0.3, 0.4) is 0 Å². The molecule has 3 heterocycles. The molecule has 0 amide bonds. The minimum Gasteiger partial charge on any atom is -0.391 e. The number of nitriles is 1. The lowest BCUT2D eigenvalue weighted by Gasteiger charge is -2.41. The first kappa shape index (κ1) is 12.9. The Morgan fingerprint density at radius 2 is 2.32 bits per heavy atom. The maximum Gasteiger partial charge on any atom is 0.0868 e. The van der Waals surface area contributed by atoms with Crippen LogP contribution in [0.2, 0.25) is 5.02 Å². The number of nitrogens with zero attached hydrogens (tertiary/aromatic N) is 3. The first-order valence-corrected chi connectivity index (χ1v) is 6.86. The number of pyridine rings is 1. The van der Waals surface area contributed by atoms with Crippen LogP contribution in [0.15, 0.2) is 18.5 Å². The highest BCUT2D eigenvalue weighted by atomic mass is 35.5. The minimum absolute atomic E-state index is 0.0531. The highest BCUT2D eigenvalue weighted by molar-refractivity contribution is 6.30. The van der Waals surface area contributed by atoms with Crippen molar-refractivity contribution < 1.29 is 5.11 Å². The molecule has 1 N–H and O–H groups in total. The molecule has 1 aromatic rings. The van der Waals surface area contributed by atoms with Crippen molar-refractivity contribution in [2.24, 2.45) is 0 Å². The van der Waals surface area contributed by atoms with Crippen LogP contribution in [0.5, 0.6) is 0 Å². The smallest absolute Gasteiger partial charge is 0.0868 e. The van der Waals surface area contributed by atoms with E-state index in [1.54, 1.807) is 12.4 Å². The molecule has 4 nitrogen and oxygen atoms in total. The van der Waals surface area contributed by atoms with Crippen LogP contribution in [0.4, 0.5) is 0 Å². The van der Waals surface area contributed by atoms with E-state index in [2.05, 4.69) is 16.0 Å². The standard InChI is InChI=1S/C14H16ClN3O/c1-18-11-3-13(19)12(18)5-14(4-11,8-16)9-2-10(15)7-17-6-9/h2,6-7,11-13,19H,3-5H2,1H3. The van der Waals surface area contributed by atoms with Crippen molar-refractivity contribution in [3.05, 3.63) is 29.0 Å². The summed E-state index contributed by atoms with van der Waals surface area (Å²) >= 11 is 6.00. The second-order valence-corrected chi connectivity index (χ2v) is 6.12. The van der Waals surface area contributed by atoms with Gasteiger partial charge in [0.2, 0.25) is 0 Å². The van der Waals surface area contributed by atoms with Gasteiger partial charge in [-0.05, 0) is 37.9 Å². The summed E-state index contributed by atoms with van der Waals surface area (Å²) in [5.41, 5.74) is 0.303. The lowest BCUT2D eigenvalue weighted by molar-refractivity contribution is 0.0811. The second kappa shape index (κ2) is 4.45. The van der Waals surface area contributed by atoms with Crippen LogP contribution >= 0.6 is 11.6 Å². The lowest BCUT2D eigenvalue weighted by Crippen LogP contribution is -2.48. The lowest BCUT2D eigenvalue weighted by atomic mass is 9.71. The molecule has 3 rings (SSSR count). The Hall–Kier alpha value is -1.15. The fourth-order valence-electron chi connectivity index (χ4n) is 3.56. The van der Waals surface area contributed by atoms with E-state index < -0.39 is 5.41 Å². The third-order valence-corrected chi connectivity index (χ3v) is 4.88. The van der Waals surface area contributed by atoms with Crippen molar-refractivity contribution >= 4 is 11.6 Å². The molecule has 0 aromatic carbocycles. The van der Waals surface area contributed by atoms with Crippen LogP contribution in [0, 0.1) is 11.3 Å². The summed E-state index contributed by atoms with van der Waals surface area (Å²) in [6.07, 6.45) is 5.09. The molecule has 2 bridgehead atoms. The Morgan fingerprint density at radius 1 is 1.53 bits per heavy atom. The van der Waals surface area contributed by atoms with E-state index in [9.17, 15) is 10.4 Å². The van der Waals surface area contributed by atoms with Crippen molar-refractivity contribution in [1.29, 1.82) is 5.26 Å². The van der Waals surface area contributed by atoms with Gasteiger partial charge in [-0.25, -0.2) is 0 Å². The Labute approximate surface area is 117 Å². The molecular weight excluding hydrogens is 262 g/mol. The number of halogens is 1. The summed E-state index contributed by atoms with van der Waals surface area (Å²) in [5.74, 6) is 0. The molecule has 0 saturated carbocycles. The van der Waals surface area contributed by atoms with Crippen molar-refractivity contribution in [1.82, 2.24) is 9.88 Å². The maximum atomic E-state index is 10.1. The molecule has 2 saturated heterocycles. The number of hydrogen-bond acceptors (Lipinski definition) is 4. The van der Waals surface area contributed by atoms with Gasteiger partial charge in [-0.2, -0.15) is 5.26 Å². The largest absolute Gasteiger partial charge is 0.391 e. The van der Waals surface area contributed by atoms with Gasteiger partial charge in [-0.3, -0.25) is 9.88 Å². The molecule has 4 atom stereocenters. The zero-order valence-electron chi connectivity index (χ0n) is 10.8. The Morgan fingerprint density at radius 3 is 2.95 bits per heavy atom. The summed E-state index contributed by atoms with van der Waals surface area (Å²) in [7, 11) is 2.03. The second-order valence-electron chi connectivity index (χ2n) is 5.68. The van der Waals surface area contributed by atoms with E-state index in [0.717, 1.165) is 18.4 Å². The zero-order valence-corrected chi connectivity index (χ0v) is 11.5. The Balaban J connectivity index is 2.01. The third-order valence-electron chi connectivity index (χ3n) is 4.67. The molecular formula is C14H16ClN3O. The number of fused-ring (bicyclic) bond motifs is 2. The monoisotopic (exact) mass is 277 g/mol.